The van der Waals surface area contributed by atoms with Crippen molar-refractivity contribution in [2.75, 3.05) is 5.32 Å². The molecule has 0 aliphatic heterocycles. The molecule has 0 aliphatic carbocycles. The summed E-state index contributed by atoms with van der Waals surface area (Å²) in [6.45, 7) is 2.27. The predicted molar refractivity (Wildman–Crippen MR) is 124 cm³/mol. The van der Waals surface area contributed by atoms with Crippen molar-refractivity contribution in [2.24, 2.45) is 0 Å². The number of anilines is 1. The molecule has 7 nitrogen and oxygen atoms in total. The molecule has 1 amide bonds. The smallest absolute Gasteiger partial charge is 0.249 e. The number of hydrogen-bond acceptors (Lipinski definition) is 4. The number of aromatic nitrogens is 4. The highest BCUT2D eigenvalue weighted by molar-refractivity contribution is 6.02. The summed E-state index contributed by atoms with van der Waals surface area (Å²) < 4.78 is 3.44. The molecule has 7 heteroatoms. The maximum atomic E-state index is 12.6. The fourth-order valence-electron chi connectivity index (χ4n) is 3.35. The van der Waals surface area contributed by atoms with Crippen LogP contribution in [0.4, 0.5) is 5.82 Å². The van der Waals surface area contributed by atoms with Crippen molar-refractivity contribution < 1.29 is 4.79 Å². The standard InChI is InChI=1S/C25H22N6O/c1-19-17-23(30(28-19)16-8-15-26)27-24(32)14-13-21-18-31(22-11-6-3-7-12-22)29-25(21)20-9-4-2-5-10-20/h2-7,9-14,17-18H,8,16H2,1H3,(H,27,32)/b14-13+. The summed E-state index contributed by atoms with van der Waals surface area (Å²) in [7, 11) is 0. The SMILES string of the molecule is Cc1cc(NC(=O)/C=C/c2cn(-c3ccccc3)nc2-c2ccccc2)n(CCC#N)n1. The second kappa shape index (κ2) is 9.58. The number of hydrogen-bond donors (Lipinski definition) is 1. The Kier molecular flexibility index (Phi) is 6.23. The molecule has 1 N–H and O–H groups in total. The average molecular weight is 422 g/mol. The van der Waals surface area contributed by atoms with Crippen molar-refractivity contribution in [2.45, 2.75) is 19.9 Å². The molecule has 0 fully saturated rings. The van der Waals surface area contributed by atoms with E-state index in [0.717, 1.165) is 28.2 Å². The van der Waals surface area contributed by atoms with Gasteiger partial charge >= 0.3 is 0 Å². The molecule has 0 spiro atoms. The lowest BCUT2D eigenvalue weighted by molar-refractivity contribution is -0.111. The predicted octanol–water partition coefficient (Wildman–Crippen LogP) is 4.61. The van der Waals surface area contributed by atoms with Crippen LogP contribution in [0.3, 0.4) is 0 Å². The number of para-hydroxylation sites is 1. The summed E-state index contributed by atoms with van der Waals surface area (Å²) >= 11 is 0. The van der Waals surface area contributed by atoms with Crippen molar-refractivity contribution in [1.82, 2.24) is 19.6 Å². The van der Waals surface area contributed by atoms with Gasteiger partial charge in [-0.25, -0.2) is 9.36 Å². The van der Waals surface area contributed by atoms with E-state index in [1.54, 1.807) is 21.5 Å². The first-order valence-electron chi connectivity index (χ1n) is 10.2. The molecule has 0 bridgehead atoms. The highest BCUT2D eigenvalue weighted by atomic mass is 16.1. The van der Waals surface area contributed by atoms with Crippen LogP contribution in [-0.4, -0.2) is 25.5 Å². The first kappa shape index (κ1) is 20.8. The summed E-state index contributed by atoms with van der Waals surface area (Å²) in [6, 6.07) is 23.6. The molecule has 4 rings (SSSR count). The maximum absolute atomic E-state index is 12.6. The molecule has 0 saturated heterocycles. The van der Waals surface area contributed by atoms with Crippen LogP contribution in [-0.2, 0) is 11.3 Å². The first-order valence-corrected chi connectivity index (χ1v) is 10.2. The number of nitrogens with zero attached hydrogens (tertiary/aromatic N) is 5. The van der Waals surface area contributed by atoms with Gasteiger partial charge in [-0.1, -0.05) is 48.5 Å². The zero-order valence-corrected chi connectivity index (χ0v) is 17.6. The third kappa shape index (κ3) is 4.82. The van der Waals surface area contributed by atoms with E-state index < -0.39 is 0 Å². The molecular weight excluding hydrogens is 400 g/mol. The largest absolute Gasteiger partial charge is 0.307 e. The lowest BCUT2D eigenvalue weighted by Gasteiger charge is -2.05. The number of carbonyl (C=O) groups is 1. The molecule has 0 unspecified atom stereocenters. The van der Waals surface area contributed by atoms with Crippen molar-refractivity contribution in [3.05, 3.63) is 90.3 Å². The lowest BCUT2D eigenvalue weighted by atomic mass is 10.1. The van der Waals surface area contributed by atoms with E-state index in [2.05, 4.69) is 16.5 Å². The fourth-order valence-corrected chi connectivity index (χ4v) is 3.35. The van der Waals surface area contributed by atoms with Gasteiger partial charge in [-0.2, -0.15) is 15.5 Å². The molecule has 2 aromatic heterocycles. The van der Waals surface area contributed by atoms with E-state index in [1.165, 1.54) is 6.08 Å². The summed E-state index contributed by atoms with van der Waals surface area (Å²) in [6.07, 6.45) is 5.46. The number of benzene rings is 2. The van der Waals surface area contributed by atoms with Crippen molar-refractivity contribution >= 4 is 17.8 Å². The van der Waals surface area contributed by atoms with Crippen LogP contribution in [0.2, 0.25) is 0 Å². The van der Waals surface area contributed by atoms with E-state index in [9.17, 15) is 4.79 Å². The Morgan fingerprint density at radius 2 is 1.81 bits per heavy atom. The molecule has 0 radical (unpaired) electrons. The van der Waals surface area contributed by atoms with Gasteiger partial charge in [-0.15, -0.1) is 0 Å². The van der Waals surface area contributed by atoms with Crippen LogP contribution in [0.25, 0.3) is 23.0 Å². The van der Waals surface area contributed by atoms with Crippen molar-refractivity contribution in [3.8, 4) is 23.0 Å². The first-order chi connectivity index (χ1) is 15.6. The number of carbonyl (C=O) groups excluding carboxylic acids is 1. The molecule has 2 heterocycles. The van der Waals surface area contributed by atoms with Crippen LogP contribution in [0.1, 0.15) is 17.7 Å². The van der Waals surface area contributed by atoms with Gasteiger partial charge < -0.3 is 5.32 Å². The fraction of sp³-hybridized carbons (Fsp3) is 0.120. The van der Waals surface area contributed by atoms with Gasteiger partial charge in [0.05, 0.1) is 36.1 Å². The third-order valence-electron chi connectivity index (χ3n) is 4.81. The Morgan fingerprint density at radius 3 is 2.53 bits per heavy atom. The molecule has 0 saturated carbocycles. The average Bonchev–Trinajstić information content (AvgIpc) is 3.40. The van der Waals surface area contributed by atoms with Gasteiger partial charge in [0, 0.05) is 29.5 Å². The number of nitrogens with one attached hydrogen (secondary N) is 1. The Morgan fingerprint density at radius 1 is 1.09 bits per heavy atom. The van der Waals surface area contributed by atoms with Gasteiger partial charge in [0.2, 0.25) is 5.91 Å². The number of aryl methyl sites for hydroxylation is 2. The van der Waals surface area contributed by atoms with Gasteiger partial charge in [0.15, 0.2) is 0 Å². The monoisotopic (exact) mass is 422 g/mol. The molecule has 158 valence electrons. The Balaban J connectivity index is 1.60. The summed E-state index contributed by atoms with van der Waals surface area (Å²) in [5, 5.41) is 20.7. The second-order valence-electron chi connectivity index (χ2n) is 7.20. The van der Waals surface area contributed by atoms with E-state index in [-0.39, 0.29) is 5.91 Å². The molecule has 4 aromatic rings. The highest BCUT2D eigenvalue weighted by Gasteiger charge is 2.12. The van der Waals surface area contributed by atoms with Crippen LogP contribution >= 0.6 is 0 Å². The third-order valence-corrected chi connectivity index (χ3v) is 4.81. The molecule has 0 atom stereocenters. The quantitative estimate of drug-likeness (QED) is 0.441. The molecular formula is C25H22N6O. The van der Waals surface area contributed by atoms with Crippen molar-refractivity contribution in [3.63, 3.8) is 0 Å². The number of nitriles is 1. The van der Waals surface area contributed by atoms with Gasteiger partial charge in [0.1, 0.15) is 5.82 Å². The Bertz CT molecular complexity index is 1280. The number of amides is 1. The van der Waals surface area contributed by atoms with E-state index in [4.69, 9.17) is 10.4 Å². The highest BCUT2D eigenvalue weighted by Crippen LogP contribution is 2.24. The van der Waals surface area contributed by atoms with E-state index >= 15 is 0 Å². The van der Waals surface area contributed by atoms with E-state index in [1.807, 2.05) is 73.8 Å². The van der Waals surface area contributed by atoms with Crippen LogP contribution < -0.4 is 5.32 Å². The second-order valence-corrected chi connectivity index (χ2v) is 7.20. The van der Waals surface area contributed by atoms with Crippen molar-refractivity contribution in [1.29, 1.82) is 5.26 Å². The number of rotatable bonds is 7. The minimum atomic E-state index is -0.283. The van der Waals surface area contributed by atoms with Crippen LogP contribution in [0.5, 0.6) is 0 Å². The van der Waals surface area contributed by atoms with Gasteiger partial charge in [-0.3, -0.25) is 4.79 Å². The Labute approximate surface area is 186 Å². The zero-order chi connectivity index (χ0) is 22.3. The maximum Gasteiger partial charge on any atom is 0.249 e. The minimum Gasteiger partial charge on any atom is -0.307 e. The molecule has 2 aromatic carbocycles. The van der Waals surface area contributed by atoms with E-state index in [0.29, 0.717) is 18.8 Å². The van der Waals surface area contributed by atoms with Crippen LogP contribution in [0.15, 0.2) is 79.0 Å². The minimum absolute atomic E-state index is 0.283. The summed E-state index contributed by atoms with van der Waals surface area (Å²) in [5.41, 5.74) is 4.29. The summed E-state index contributed by atoms with van der Waals surface area (Å²) in [5.74, 6) is 0.283. The van der Waals surface area contributed by atoms with Gasteiger partial charge in [-0.05, 0) is 25.1 Å². The summed E-state index contributed by atoms with van der Waals surface area (Å²) in [4.78, 5) is 12.6. The normalized spacial score (nSPS) is 10.9. The molecule has 32 heavy (non-hydrogen) atoms. The van der Waals surface area contributed by atoms with Crippen LogP contribution in [0, 0.1) is 18.3 Å². The zero-order valence-electron chi connectivity index (χ0n) is 17.6. The van der Waals surface area contributed by atoms with Gasteiger partial charge in [0.25, 0.3) is 0 Å². The topological polar surface area (TPSA) is 88.5 Å². The molecule has 0 aliphatic rings. The Hall–Kier alpha value is -4.44. The lowest BCUT2D eigenvalue weighted by Crippen LogP contribution is -2.13.